The van der Waals surface area contributed by atoms with Gasteiger partial charge in [-0.05, 0) is 37.0 Å². The Morgan fingerprint density at radius 1 is 1.19 bits per heavy atom. The van der Waals surface area contributed by atoms with Crippen LogP contribution in [0.2, 0.25) is 0 Å². The van der Waals surface area contributed by atoms with Crippen LogP contribution in [-0.4, -0.2) is 24.4 Å². The summed E-state index contributed by atoms with van der Waals surface area (Å²) >= 11 is 1.93. The first-order valence-corrected chi connectivity index (χ1v) is 10.2. The Hall–Kier alpha value is -1.95. The van der Waals surface area contributed by atoms with Crippen molar-refractivity contribution in [3.63, 3.8) is 0 Å². The Kier molecular flexibility index (Phi) is 6.25. The number of nitrogens with one attached hydrogen (secondary N) is 2. The van der Waals surface area contributed by atoms with Crippen LogP contribution in [0.5, 0.6) is 0 Å². The van der Waals surface area contributed by atoms with Gasteiger partial charge in [0.15, 0.2) is 0 Å². The van der Waals surface area contributed by atoms with Crippen LogP contribution in [0.1, 0.15) is 57.1 Å². The second kappa shape index (κ2) is 8.62. The van der Waals surface area contributed by atoms with Gasteiger partial charge in [0.05, 0.1) is 18.7 Å². The van der Waals surface area contributed by atoms with Crippen LogP contribution < -0.4 is 10.6 Å². The van der Waals surface area contributed by atoms with E-state index in [1.165, 1.54) is 44.1 Å². The van der Waals surface area contributed by atoms with E-state index in [0.717, 1.165) is 5.56 Å². The average molecular weight is 375 g/mol. The van der Waals surface area contributed by atoms with E-state index in [1.54, 1.807) is 0 Å². The largest absolute Gasteiger partial charge is 0.466 e. The number of esters is 1. The number of thioether (sulfide) groups is 1. The molecule has 1 aliphatic carbocycles. The zero-order chi connectivity index (χ0) is 18.5. The number of amides is 2. The maximum Gasteiger partial charge on any atom is 0.337 e. The van der Waals surface area contributed by atoms with Crippen molar-refractivity contribution in [2.45, 2.75) is 61.6 Å². The van der Waals surface area contributed by atoms with Gasteiger partial charge in [-0.15, -0.1) is 11.8 Å². The molecule has 1 aromatic carbocycles. The maximum absolute atomic E-state index is 12.3. The number of urea groups is 1. The number of methoxy groups -OCH3 is 1. The first kappa shape index (κ1) is 18.8. The molecule has 140 valence electrons. The van der Waals surface area contributed by atoms with Gasteiger partial charge in [-0.25, -0.2) is 9.59 Å². The van der Waals surface area contributed by atoms with Crippen LogP contribution in [0.4, 0.5) is 4.79 Å². The smallest absolute Gasteiger partial charge is 0.337 e. The molecule has 26 heavy (non-hydrogen) atoms. The SMILES string of the molecule is CCC1=C(C(=O)OC)C(c2ccc(SC3CCCCC3)cc2)NC(=O)N1. The van der Waals surface area contributed by atoms with E-state index < -0.39 is 12.0 Å². The van der Waals surface area contributed by atoms with Gasteiger partial charge >= 0.3 is 12.0 Å². The second-order valence-corrected chi connectivity index (χ2v) is 8.09. The summed E-state index contributed by atoms with van der Waals surface area (Å²) in [6.45, 7) is 1.91. The van der Waals surface area contributed by atoms with Crippen molar-refractivity contribution in [3.05, 3.63) is 41.1 Å². The van der Waals surface area contributed by atoms with E-state index in [9.17, 15) is 9.59 Å². The van der Waals surface area contributed by atoms with Crippen molar-refractivity contribution in [2.75, 3.05) is 7.11 Å². The van der Waals surface area contributed by atoms with Gasteiger partial charge in [-0.2, -0.15) is 0 Å². The van der Waals surface area contributed by atoms with E-state index in [4.69, 9.17) is 4.74 Å². The van der Waals surface area contributed by atoms with Gasteiger partial charge in [0.2, 0.25) is 0 Å². The number of rotatable bonds is 5. The van der Waals surface area contributed by atoms with Gasteiger partial charge in [0.1, 0.15) is 0 Å². The topological polar surface area (TPSA) is 67.4 Å². The molecule has 0 spiro atoms. The predicted molar refractivity (Wildman–Crippen MR) is 103 cm³/mol. The van der Waals surface area contributed by atoms with Gasteiger partial charge in [-0.1, -0.05) is 38.3 Å². The molecule has 1 atom stereocenters. The minimum Gasteiger partial charge on any atom is -0.466 e. The monoisotopic (exact) mass is 374 g/mol. The van der Waals surface area contributed by atoms with E-state index in [0.29, 0.717) is 22.9 Å². The Balaban J connectivity index is 1.81. The molecule has 6 heteroatoms. The number of allylic oxidation sites excluding steroid dienone is 1. The summed E-state index contributed by atoms with van der Waals surface area (Å²) in [6.07, 6.45) is 7.13. The molecule has 1 heterocycles. The molecule has 1 unspecified atom stereocenters. The normalized spacial score (nSPS) is 21.2. The number of hydrogen-bond donors (Lipinski definition) is 2. The molecule has 0 radical (unpaired) electrons. The number of benzene rings is 1. The van der Waals surface area contributed by atoms with Crippen LogP contribution in [0, 0.1) is 0 Å². The molecule has 0 bridgehead atoms. The second-order valence-electron chi connectivity index (χ2n) is 6.72. The highest BCUT2D eigenvalue weighted by Crippen LogP contribution is 2.35. The zero-order valence-electron chi connectivity index (χ0n) is 15.3. The summed E-state index contributed by atoms with van der Waals surface area (Å²) in [6, 6.07) is 7.39. The van der Waals surface area contributed by atoms with Crippen molar-refractivity contribution >= 4 is 23.8 Å². The maximum atomic E-state index is 12.3. The van der Waals surface area contributed by atoms with Crippen LogP contribution >= 0.6 is 11.8 Å². The summed E-state index contributed by atoms with van der Waals surface area (Å²) < 4.78 is 4.94. The van der Waals surface area contributed by atoms with Crippen molar-refractivity contribution < 1.29 is 14.3 Å². The molecule has 1 aliphatic heterocycles. The first-order valence-electron chi connectivity index (χ1n) is 9.27. The Morgan fingerprint density at radius 2 is 1.88 bits per heavy atom. The third-order valence-electron chi connectivity index (χ3n) is 4.98. The average Bonchev–Trinajstić information content (AvgIpc) is 2.68. The molecule has 1 aromatic rings. The fourth-order valence-electron chi connectivity index (χ4n) is 3.61. The summed E-state index contributed by atoms with van der Waals surface area (Å²) in [7, 11) is 1.36. The van der Waals surface area contributed by atoms with E-state index in [-0.39, 0.29) is 6.03 Å². The van der Waals surface area contributed by atoms with Crippen molar-refractivity contribution in [1.29, 1.82) is 0 Å². The quantitative estimate of drug-likeness (QED) is 0.754. The van der Waals surface area contributed by atoms with E-state index in [2.05, 4.69) is 22.8 Å². The summed E-state index contributed by atoms with van der Waals surface area (Å²) in [5.74, 6) is -0.417. The molecule has 5 nitrogen and oxygen atoms in total. The standard InChI is InChI=1S/C20H26N2O3S/c1-3-16-17(19(23)25-2)18(22-20(24)21-16)13-9-11-15(12-10-13)26-14-7-5-4-6-8-14/h9-12,14,18H,3-8H2,1-2H3,(H2,21,22,24). The fourth-order valence-corrected chi connectivity index (χ4v) is 4.86. The fraction of sp³-hybridized carbons (Fsp3) is 0.500. The molecule has 2 aliphatic rings. The number of carbonyl (C=O) groups is 2. The van der Waals surface area contributed by atoms with Crippen LogP contribution in [0.3, 0.4) is 0 Å². The van der Waals surface area contributed by atoms with Crippen molar-refractivity contribution in [2.24, 2.45) is 0 Å². The first-order chi connectivity index (χ1) is 12.6. The molecular weight excluding hydrogens is 348 g/mol. The highest BCUT2D eigenvalue weighted by molar-refractivity contribution is 8.00. The zero-order valence-corrected chi connectivity index (χ0v) is 16.2. The minimum absolute atomic E-state index is 0.292. The third-order valence-corrected chi connectivity index (χ3v) is 6.33. The van der Waals surface area contributed by atoms with E-state index in [1.807, 2.05) is 30.8 Å². The summed E-state index contributed by atoms with van der Waals surface area (Å²) in [4.78, 5) is 25.5. The lowest BCUT2D eigenvalue weighted by Gasteiger charge is -2.29. The van der Waals surface area contributed by atoms with Gasteiger partial charge < -0.3 is 15.4 Å². The van der Waals surface area contributed by atoms with Crippen LogP contribution in [-0.2, 0) is 9.53 Å². The molecule has 1 saturated carbocycles. The van der Waals surface area contributed by atoms with Gasteiger partial charge in [0.25, 0.3) is 0 Å². The molecule has 0 saturated heterocycles. The Labute approximate surface area is 158 Å². The predicted octanol–water partition coefficient (Wildman–Crippen LogP) is 4.30. The molecule has 3 rings (SSSR count). The lowest BCUT2D eigenvalue weighted by Crippen LogP contribution is -2.45. The van der Waals surface area contributed by atoms with Gasteiger partial charge in [0, 0.05) is 15.8 Å². The van der Waals surface area contributed by atoms with Gasteiger partial charge in [-0.3, -0.25) is 0 Å². The van der Waals surface area contributed by atoms with Crippen LogP contribution in [0.25, 0.3) is 0 Å². The highest BCUT2D eigenvalue weighted by atomic mass is 32.2. The lowest BCUT2D eigenvalue weighted by atomic mass is 9.94. The molecule has 1 fully saturated rings. The third kappa shape index (κ3) is 4.23. The van der Waals surface area contributed by atoms with E-state index >= 15 is 0 Å². The van der Waals surface area contributed by atoms with Crippen molar-refractivity contribution in [3.8, 4) is 0 Å². The minimum atomic E-state index is -0.486. The summed E-state index contributed by atoms with van der Waals surface area (Å²) in [5.41, 5.74) is 1.98. The van der Waals surface area contributed by atoms with Crippen LogP contribution in [0.15, 0.2) is 40.4 Å². The highest BCUT2D eigenvalue weighted by Gasteiger charge is 2.32. The van der Waals surface area contributed by atoms with Crippen molar-refractivity contribution in [1.82, 2.24) is 10.6 Å². The Bertz CT molecular complexity index is 694. The molecular formula is C20H26N2O3S. The number of ether oxygens (including phenoxy) is 1. The molecule has 2 amide bonds. The molecule has 0 aromatic heterocycles. The number of hydrogen-bond acceptors (Lipinski definition) is 4. The lowest BCUT2D eigenvalue weighted by molar-refractivity contribution is -0.136. The Morgan fingerprint density at radius 3 is 2.50 bits per heavy atom. The number of carbonyl (C=O) groups excluding carboxylic acids is 2. The molecule has 2 N–H and O–H groups in total. The summed E-state index contributed by atoms with van der Waals surface area (Å²) in [5, 5.41) is 6.27.